The molecule has 2 fully saturated rings. The fraction of sp³-hybridized carbons (Fsp3) is 1.00. The molecule has 2 aliphatic rings. The minimum atomic E-state index is -4.11. The summed E-state index contributed by atoms with van der Waals surface area (Å²) >= 11 is 0. The lowest BCUT2D eigenvalue weighted by Crippen LogP contribution is -2.50. The highest BCUT2D eigenvalue weighted by Gasteiger charge is 2.43. The van der Waals surface area contributed by atoms with Crippen molar-refractivity contribution in [3.05, 3.63) is 0 Å². The molecule has 0 aromatic heterocycles. The Labute approximate surface area is 125 Å². The summed E-state index contributed by atoms with van der Waals surface area (Å²) in [5, 5.41) is 3.42. The summed E-state index contributed by atoms with van der Waals surface area (Å²) in [5.74, 6) is 0. The normalized spacial score (nSPS) is 23.0. The Bertz CT molecular complexity index is 323. The van der Waals surface area contributed by atoms with Gasteiger partial charge in [-0.2, -0.15) is 13.2 Å². The zero-order valence-corrected chi connectivity index (χ0v) is 13.0. The first-order chi connectivity index (χ1) is 9.80. The van der Waals surface area contributed by atoms with E-state index < -0.39 is 12.7 Å². The molecule has 0 aromatic rings. The molecule has 0 radical (unpaired) electrons. The Hall–Kier alpha value is -0.330. The van der Waals surface area contributed by atoms with Gasteiger partial charge in [0.2, 0.25) is 0 Å². The van der Waals surface area contributed by atoms with E-state index in [0.29, 0.717) is 25.8 Å². The minimum absolute atomic E-state index is 0.0869. The maximum Gasteiger partial charge on any atom is 0.401 e. The number of halogens is 3. The third-order valence-corrected chi connectivity index (χ3v) is 4.42. The van der Waals surface area contributed by atoms with Crippen LogP contribution in [-0.4, -0.2) is 56.0 Å². The molecule has 124 valence electrons. The van der Waals surface area contributed by atoms with Gasteiger partial charge in [-0.3, -0.25) is 4.90 Å². The molecule has 1 N–H and O–H groups in total. The van der Waals surface area contributed by atoms with Gasteiger partial charge in [0.15, 0.2) is 0 Å². The van der Waals surface area contributed by atoms with E-state index in [1.165, 1.54) is 0 Å². The van der Waals surface area contributed by atoms with Crippen LogP contribution in [0.15, 0.2) is 0 Å². The van der Waals surface area contributed by atoms with Gasteiger partial charge in [0, 0.05) is 38.4 Å². The first kappa shape index (κ1) is 17.0. The fourth-order valence-corrected chi connectivity index (χ4v) is 3.03. The van der Waals surface area contributed by atoms with Crippen LogP contribution in [0, 0.1) is 5.41 Å². The lowest BCUT2D eigenvalue weighted by Gasteiger charge is -2.42. The summed E-state index contributed by atoms with van der Waals surface area (Å²) in [6, 6.07) is 0.479. The molecular weight excluding hydrogens is 281 g/mol. The highest BCUT2D eigenvalue weighted by atomic mass is 19.4. The molecule has 6 heteroatoms. The average Bonchev–Trinajstić information content (AvgIpc) is 3.19. The smallest absolute Gasteiger partial charge is 0.381 e. The summed E-state index contributed by atoms with van der Waals surface area (Å²) in [4.78, 5) is 1.66. The van der Waals surface area contributed by atoms with Crippen molar-refractivity contribution in [1.29, 1.82) is 0 Å². The van der Waals surface area contributed by atoms with Crippen LogP contribution in [0.2, 0.25) is 0 Å². The molecule has 0 bridgehead atoms. The van der Waals surface area contributed by atoms with E-state index in [4.69, 9.17) is 4.74 Å². The molecular formula is C15H27F3N2O. The molecule has 1 aliphatic carbocycles. The van der Waals surface area contributed by atoms with Gasteiger partial charge in [-0.05, 0) is 31.1 Å². The Balaban J connectivity index is 2.00. The molecule has 2 rings (SSSR count). The Morgan fingerprint density at radius 1 is 1.24 bits per heavy atom. The second kappa shape index (κ2) is 6.84. The van der Waals surface area contributed by atoms with Crippen molar-refractivity contribution in [2.24, 2.45) is 5.41 Å². The molecule has 0 aromatic carbocycles. The fourth-order valence-electron chi connectivity index (χ4n) is 3.03. The third-order valence-electron chi connectivity index (χ3n) is 4.42. The van der Waals surface area contributed by atoms with Crippen LogP contribution < -0.4 is 5.32 Å². The highest BCUT2D eigenvalue weighted by Crippen LogP contribution is 2.37. The van der Waals surface area contributed by atoms with Crippen LogP contribution in [0.5, 0.6) is 0 Å². The van der Waals surface area contributed by atoms with Crippen molar-refractivity contribution in [3.63, 3.8) is 0 Å². The van der Waals surface area contributed by atoms with Crippen molar-refractivity contribution in [2.45, 2.75) is 57.8 Å². The molecule has 1 saturated carbocycles. The molecule has 3 nitrogen and oxygen atoms in total. The quantitative estimate of drug-likeness (QED) is 0.783. The van der Waals surface area contributed by atoms with Gasteiger partial charge in [0.25, 0.3) is 0 Å². The van der Waals surface area contributed by atoms with E-state index in [1.807, 2.05) is 0 Å². The van der Waals surface area contributed by atoms with E-state index in [9.17, 15) is 13.2 Å². The van der Waals surface area contributed by atoms with Gasteiger partial charge in [-0.25, -0.2) is 0 Å². The summed E-state index contributed by atoms with van der Waals surface area (Å²) in [7, 11) is 0. The van der Waals surface area contributed by atoms with E-state index >= 15 is 0 Å². The molecule has 0 atom stereocenters. The molecule has 0 spiro atoms. The van der Waals surface area contributed by atoms with Gasteiger partial charge < -0.3 is 10.1 Å². The van der Waals surface area contributed by atoms with Crippen LogP contribution in [0.25, 0.3) is 0 Å². The lowest BCUT2D eigenvalue weighted by atomic mass is 9.79. The molecule has 1 heterocycles. The zero-order chi connectivity index (χ0) is 15.5. The summed E-state index contributed by atoms with van der Waals surface area (Å²) < 4.78 is 43.8. The standard InChI is InChI=1S/C15H27F3N2O/c1-12(2)19-9-14(5-7-21-8-6-14)10-20(13-3-4-13)11-15(16,17)18/h12-13,19H,3-11H2,1-2H3. The van der Waals surface area contributed by atoms with Crippen molar-refractivity contribution < 1.29 is 17.9 Å². The van der Waals surface area contributed by atoms with Crippen molar-refractivity contribution >= 4 is 0 Å². The van der Waals surface area contributed by atoms with E-state index in [2.05, 4.69) is 19.2 Å². The molecule has 0 amide bonds. The van der Waals surface area contributed by atoms with Gasteiger partial charge >= 0.3 is 6.18 Å². The average molecular weight is 308 g/mol. The van der Waals surface area contributed by atoms with E-state index in [0.717, 1.165) is 32.2 Å². The lowest BCUT2D eigenvalue weighted by molar-refractivity contribution is -0.152. The second-order valence-electron chi connectivity index (χ2n) is 6.90. The first-order valence-corrected chi connectivity index (χ1v) is 7.92. The van der Waals surface area contributed by atoms with Crippen LogP contribution >= 0.6 is 0 Å². The number of nitrogens with zero attached hydrogens (tertiary/aromatic N) is 1. The predicted molar refractivity (Wildman–Crippen MR) is 76.3 cm³/mol. The topological polar surface area (TPSA) is 24.5 Å². The molecule has 0 unspecified atom stereocenters. The van der Waals surface area contributed by atoms with Crippen LogP contribution in [-0.2, 0) is 4.74 Å². The molecule has 21 heavy (non-hydrogen) atoms. The summed E-state index contributed by atoms with van der Waals surface area (Å²) in [6.07, 6.45) is -0.622. The van der Waals surface area contributed by atoms with Crippen LogP contribution in [0.3, 0.4) is 0 Å². The number of hydrogen-bond donors (Lipinski definition) is 1. The van der Waals surface area contributed by atoms with Crippen molar-refractivity contribution in [2.75, 3.05) is 32.8 Å². The highest BCUT2D eigenvalue weighted by molar-refractivity contribution is 4.93. The number of hydrogen-bond acceptors (Lipinski definition) is 3. The van der Waals surface area contributed by atoms with E-state index in [-0.39, 0.29) is 11.5 Å². The molecule has 1 saturated heterocycles. The second-order valence-corrected chi connectivity index (χ2v) is 6.90. The van der Waals surface area contributed by atoms with Gasteiger partial charge in [0.05, 0.1) is 6.54 Å². The Kier molecular flexibility index (Phi) is 5.54. The SMILES string of the molecule is CC(C)NCC1(CN(CC(F)(F)F)C2CC2)CCOCC1. The summed E-state index contributed by atoms with van der Waals surface area (Å²) in [6.45, 7) is 5.98. The van der Waals surface area contributed by atoms with Crippen LogP contribution in [0.1, 0.15) is 39.5 Å². The van der Waals surface area contributed by atoms with Gasteiger partial charge in [0.1, 0.15) is 0 Å². The maximum absolute atomic E-state index is 12.8. The zero-order valence-electron chi connectivity index (χ0n) is 13.0. The predicted octanol–water partition coefficient (Wildman–Crippen LogP) is 2.81. The third kappa shape index (κ3) is 5.75. The number of ether oxygens (including phenoxy) is 1. The van der Waals surface area contributed by atoms with Crippen LogP contribution in [0.4, 0.5) is 13.2 Å². The Morgan fingerprint density at radius 2 is 1.86 bits per heavy atom. The van der Waals surface area contributed by atoms with Gasteiger partial charge in [-0.1, -0.05) is 13.8 Å². The monoisotopic (exact) mass is 308 g/mol. The minimum Gasteiger partial charge on any atom is -0.381 e. The number of nitrogens with one attached hydrogen (secondary N) is 1. The van der Waals surface area contributed by atoms with E-state index in [1.54, 1.807) is 4.90 Å². The first-order valence-electron chi connectivity index (χ1n) is 7.92. The number of alkyl halides is 3. The maximum atomic E-state index is 12.8. The van der Waals surface area contributed by atoms with Crippen molar-refractivity contribution in [1.82, 2.24) is 10.2 Å². The largest absolute Gasteiger partial charge is 0.401 e. The number of rotatable bonds is 7. The summed E-state index contributed by atoms with van der Waals surface area (Å²) in [5.41, 5.74) is -0.0869. The van der Waals surface area contributed by atoms with Gasteiger partial charge in [-0.15, -0.1) is 0 Å². The van der Waals surface area contributed by atoms with Crippen molar-refractivity contribution in [3.8, 4) is 0 Å². The Morgan fingerprint density at radius 3 is 2.33 bits per heavy atom. The molecule has 1 aliphatic heterocycles.